The maximum Gasteiger partial charge on any atom is 0.256 e. The molecule has 0 bridgehead atoms. The van der Waals surface area contributed by atoms with Gasteiger partial charge in [0.1, 0.15) is 23.4 Å². The Labute approximate surface area is 166 Å². The zero-order valence-corrected chi connectivity index (χ0v) is 15.9. The van der Waals surface area contributed by atoms with Crippen LogP contribution in [0.2, 0.25) is 0 Å². The molecule has 7 nitrogen and oxygen atoms in total. The first-order valence-corrected chi connectivity index (χ1v) is 9.34. The highest BCUT2D eigenvalue weighted by Gasteiger charge is 2.34. The van der Waals surface area contributed by atoms with Gasteiger partial charge in [-0.05, 0) is 23.8 Å². The lowest BCUT2D eigenvalue weighted by molar-refractivity contribution is 0.0938. The van der Waals surface area contributed by atoms with Crippen molar-refractivity contribution in [2.45, 2.75) is 18.6 Å². The number of amides is 1. The van der Waals surface area contributed by atoms with Gasteiger partial charge in [-0.2, -0.15) is 5.10 Å². The molecule has 1 amide bonds. The topological polar surface area (TPSA) is 71.8 Å². The molecule has 1 aliphatic heterocycles. The lowest BCUT2D eigenvalue weighted by Gasteiger charge is -2.25. The minimum atomic E-state index is -1.05. The number of alkyl halides is 1. The molecule has 0 spiro atoms. The van der Waals surface area contributed by atoms with Crippen LogP contribution in [-0.2, 0) is 4.74 Å². The van der Waals surface area contributed by atoms with Crippen LogP contribution in [0.5, 0.6) is 0 Å². The van der Waals surface area contributed by atoms with Crippen LogP contribution in [0.15, 0.2) is 42.7 Å². The molecule has 1 aliphatic rings. The summed E-state index contributed by atoms with van der Waals surface area (Å²) in [7, 11) is 1.55. The number of nitrogens with zero attached hydrogens (tertiary/aromatic N) is 4. The zero-order chi connectivity index (χ0) is 20.4. The van der Waals surface area contributed by atoms with Gasteiger partial charge in [-0.25, -0.2) is 18.3 Å². The van der Waals surface area contributed by atoms with E-state index in [9.17, 15) is 13.6 Å². The largest absolute Gasteiger partial charge is 0.383 e. The Bertz CT molecular complexity index is 1030. The van der Waals surface area contributed by atoms with Crippen LogP contribution in [0.4, 0.5) is 14.6 Å². The molecule has 152 valence electrons. The molecule has 0 saturated carbocycles. The molecule has 0 radical (unpaired) electrons. The van der Waals surface area contributed by atoms with Crippen LogP contribution in [0, 0.1) is 5.82 Å². The number of benzene rings is 1. The standard InChI is InChI=1S/C20H21F2N5O2/c1-29-8-6-23-20(28)16-11-24-27-7-5-18(25-19(16)27)26-12-15(22)10-17(26)13-3-2-4-14(21)9-13/h2-5,7,9,11,15,17H,6,8,10,12H2,1H3,(H,23,28)/t15-,17+/m0/s1. The van der Waals surface area contributed by atoms with E-state index in [0.717, 1.165) is 0 Å². The number of carbonyl (C=O) groups is 1. The second-order valence-electron chi connectivity index (χ2n) is 6.92. The number of anilines is 1. The Kier molecular flexibility index (Phi) is 5.39. The van der Waals surface area contributed by atoms with Crippen LogP contribution in [0.3, 0.4) is 0 Å². The van der Waals surface area contributed by atoms with E-state index in [0.29, 0.717) is 35.7 Å². The van der Waals surface area contributed by atoms with Gasteiger partial charge >= 0.3 is 0 Å². The summed E-state index contributed by atoms with van der Waals surface area (Å²) in [5, 5.41) is 6.90. The van der Waals surface area contributed by atoms with Crippen molar-refractivity contribution in [3.05, 3.63) is 59.7 Å². The third kappa shape index (κ3) is 3.91. The summed E-state index contributed by atoms with van der Waals surface area (Å²) in [5.74, 6) is -0.162. The first-order chi connectivity index (χ1) is 14.1. The van der Waals surface area contributed by atoms with Crippen LogP contribution in [-0.4, -0.2) is 53.5 Å². The van der Waals surface area contributed by atoms with Crippen LogP contribution in [0.1, 0.15) is 28.4 Å². The molecule has 3 aromatic rings. The Balaban J connectivity index is 1.66. The van der Waals surface area contributed by atoms with E-state index in [-0.39, 0.29) is 30.7 Å². The number of hydrogen-bond donors (Lipinski definition) is 1. The second kappa shape index (κ2) is 8.12. The molecular formula is C20H21F2N5O2. The molecule has 3 heterocycles. The second-order valence-corrected chi connectivity index (χ2v) is 6.92. The Morgan fingerprint density at radius 1 is 1.38 bits per heavy atom. The zero-order valence-electron chi connectivity index (χ0n) is 15.9. The predicted octanol–water partition coefficient (Wildman–Crippen LogP) is 2.53. The number of fused-ring (bicyclic) bond motifs is 1. The molecule has 0 aliphatic carbocycles. The SMILES string of the molecule is COCCNC(=O)c1cnn2ccc(N3C[C@@H](F)C[C@@H]3c3cccc(F)c3)nc12. The monoisotopic (exact) mass is 401 g/mol. The Hall–Kier alpha value is -3.07. The van der Waals surface area contributed by atoms with Crippen molar-refractivity contribution >= 4 is 17.4 Å². The summed E-state index contributed by atoms with van der Waals surface area (Å²) in [6, 6.07) is 7.56. The first-order valence-electron chi connectivity index (χ1n) is 9.34. The molecule has 1 aromatic carbocycles. The predicted molar refractivity (Wildman–Crippen MR) is 103 cm³/mol. The highest BCUT2D eigenvalue weighted by Crippen LogP contribution is 2.37. The normalized spacial score (nSPS) is 19.1. The number of methoxy groups -OCH3 is 1. The van der Waals surface area contributed by atoms with Crippen molar-refractivity contribution in [1.82, 2.24) is 19.9 Å². The van der Waals surface area contributed by atoms with Crippen LogP contribution >= 0.6 is 0 Å². The van der Waals surface area contributed by atoms with Gasteiger partial charge in [0.05, 0.1) is 25.4 Å². The number of hydrogen-bond acceptors (Lipinski definition) is 5. The molecule has 1 fully saturated rings. The van der Waals surface area contributed by atoms with E-state index in [4.69, 9.17) is 4.74 Å². The van der Waals surface area contributed by atoms with Crippen molar-refractivity contribution in [2.24, 2.45) is 0 Å². The summed E-state index contributed by atoms with van der Waals surface area (Å²) in [6.07, 6.45) is 2.32. The molecule has 4 rings (SSSR count). The van der Waals surface area contributed by atoms with E-state index in [1.165, 1.54) is 22.8 Å². The van der Waals surface area contributed by atoms with E-state index in [1.54, 1.807) is 36.4 Å². The average molecular weight is 401 g/mol. The highest BCUT2D eigenvalue weighted by atomic mass is 19.1. The number of ether oxygens (including phenoxy) is 1. The van der Waals surface area contributed by atoms with Gasteiger partial charge < -0.3 is 15.0 Å². The van der Waals surface area contributed by atoms with Gasteiger partial charge in [0.15, 0.2) is 5.65 Å². The average Bonchev–Trinajstić information content (AvgIpc) is 3.31. The fourth-order valence-corrected chi connectivity index (χ4v) is 3.61. The molecule has 0 unspecified atom stereocenters. The van der Waals surface area contributed by atoms with Gasteiger partial charge in [-0.3, -0.25) is 4.79 Å². The number of carbonyl (C=O) groups excluding carboxylic acids is 1. The smallest absolute Gasteiger partial charge is 0.256 e. The summed E-state index contributed by atoms with van der Waals surface area (Å²) in [5.41, 5.74) is 1.39. The van der Waals surface area contributed by atoms with Crippen molar-refractivity contribution in [3.63, 3.8) is 0 Å². The fourth-order valence-electron chi connectivity index (χ4n) is 3.61. The summed E-state index contributed by atoms with van der Waals surface area (Å²) in [4.78, 5) is 18.8. The van der Waals surface area contributed by atoms with Gasteiger partial charge in [-0.1, -0.05) is 12.1 Å². The van der Waals surface area contributed by atoms with Crippen LogP contribution in [0.25, 0.3) is 5.65 Å². The van der Waals surface area contributed by atoms with Gasteiger partial charge in [0.2, 0.25) is 0 Å². The number of halogens is 2. The van der Waals surface area contributed by atoms with Gasteiger partial charge in [0.25, 0.3) is 5.91 Å². The van der Waals surface area contributed by atoms with E-state index in [1.807, 2.05) is 0 Å². The fraction of sp³-hybridized carbons (Fsp3) is 0.350. The molecule has 1 N–H and O–H groups in total. The van der Waals surface area contributed by atoms with Crippen LogP contribution < -0.4 is 10.2 Å². The summed E-state index contributed by atoms with van der Waals surface area (Å²) in [6.45, 7) is 0.905. The van der Waals surface area contributed by atoms with Crippen molar-refractivity contribution in [1.29, 1.82) is 0 Å². The third-order valence-electron chi connectivity index (χ3n) is 4.97. The molecule has 2 atom stereocenters. The molecular weight excluding hydrogens is 380 g/mol. The quantitative estimate of drug-likeness (QED) is 0.643. The molecule has 9 heteroatoms. The number of rotatable bonds is 6. The third-order valence-corrected chi connectivity index (χ3v) is 4.97. The summed E-state index contributed by atoms with van der Waals surface area (Å²) >= 11 is 0. The number of nitrogens with one attached hydrogen (secondary N) is 1. The Morgan fingerprint density at radius 2 is 2.24 bits per heavy atom. The maximum atomic E-state index is 14.3. The van der Waals surface area contributed by atoms with Crippen molar-refractivity contribution in [2.75, 3.05) is 31.7 Å². The lowest BCUT2D eigenvalue weighted by atomic mass is 10.0. The highest BCUT2D eigenvalue weighted by molar-refractivity contribution is 5.99. The molecule has 2 aromatic heterocycles. The van der Waals surface area contributed by atoms with Crippen molar-refractivity contribution < 1.29 is 18.3 Å². The minimum absolute atomic E-state index is 0.147. The maximum absolute atomic E-state index is 14.3. The molecule has 1 saturated heterocycles. The van der Waals surface area contributed by atoms with Gasteiger partial charge in [-0.15, -0.1) is 0 Å². The number of aromatic nitrogens is 3. The first kappa shape index (κ1) is 19.3. The lowest BCUT2D eigenvalue weighted by Crippen LogP contribution is -2.27. The van der Waals surface area contributed by atoms with E-state index < -0.39 is 6.17 Å². The van der Waals surface area contributed by atoms with Crippen molar-refractivity contribution in [3.8, 4) is 0 Å². The summed E-state index contributed by atoms with van der Waals surface area (Å²) < 4.78 is 34.4. The van der Waals surface area contributed by atoms with Gasteiger partial charge in [0, 0.05) is 26.3 Å². The van der Waals surface area contributed by atoms with E-state index >= 15 is 0 Å². The molecule has 29 heavy (non-hydrogen) atoms. The van der Waals surface area contributed by atoms with E-state index in [2.05, 4.69) is 15.4 Å². The minimum Gasteiger partial charge on any atom is -0.383 e. The Morgan fingerprint density at radius 3 is 3.03 bits per heavy atom.